The van der Waals surface area contributed by atoms with Crippen molar-refractivity contribution in [3.63, 3.8) is 0 Å². The molecule has 0 radical (unpaired) electrons. The van der Waals surface area contributed by atoms with E-state index >= 15 is 0 Å². The molecule has 0 N–H and O–H groups in total. The van der Waals surface area contributed by atoms with Gasteiger partial charge >= 0.3 is 6.09 Å². The Kier molecular flexibility index (Phi) is 5.65. The van der Waals surface area contributed by atoms with Gasteiger partial charge in [-0.25, -0.2) is 4.79 Å². The molecule has 0 aromatic rings. The number of unbranched alkanes of at least 4 members (excludes halogenated alkanes) is 1. The molecule has 102 valence electrons. The second kappa shape index (κ2) is 6.78. The van der Waals surface area contributed by atoms with Gasteiger partial charge in [-0.05, 0) is 6.42 Å². The Morgan fingerprint density at radius 1 is 1.44 bits per heavy atom. The number of carbonyl (C=O) groups is 3. The van der Waals surface area contributed by atoms with Gasteiger partial charge in [-0.2, -0.15) is 0 Å². The maximum atomic E-state index is 11.6. The van der Waals surface area contributed by atoms with E-state index < -0.39 is 4.75 Å². The van der Waals surface area contributed by atoms with Gasteiger partial charge in [0.25, 0.3) is 0 Å². The molecule has 0 unspecified atom stereocenters. The van der Waals surface area contributed by atoms with Crippen LogP contribution in [0.4, 0.5) is 4.79 Å². The van der Waals surface area contributed by atoms with Crippen molar-refractivity contribution in [2.24, 2.45) is 0 Å². The van der Waals surface area contributed by atoms with Gasteiger partial charge in [0.15, 0.2) is 5.12 Å². The summed E-state index contributed by atoms with van der Waals surface area (Å²) in [6.07, 6.45) is 2.56. The van der Waals surface area contributed by atoms with Crippen molar-refractivity contribution in [1.29, 1.82) is 0 Å². The Hall–Kier alpha value is -1.04. The van der Waals surface area contributed by atoms with Gasteiger partial charge in [-0.15, -0.1) is 0 Å². The Labute approximate surface area is 111 Å². The summed E-state index contributed by atoms with van der Waals surface area (Å²) < 4.78 is 4.63. The van der Waals surface area contributed by atoms with E-state index in [-0.39, 0.29) is 17.6 Å². The topological polar surface area (TPSA) is 63.7 Å². The van der Waals surface area contributed by atoms with Gasteiger partial charge in [0.1, 0.15) is 6.29 Å². The van der Waals surface area contributed by atoms with E-state index in [0.717, 1.165) is 30.9 Å². The molecule has 0 aliphatic carbocycles. The number of carbonyl (C=O) groups excluding carboxylic acids is 3. The molecule has 0 saturated carbocycles. The monoisotopic (exact) mass is 273 g/mol. The van der Waals surface area contributed by atoms with Crippen LogP contribution in [-0.2, 0) is 14.3 Å². The molecule has 1 heterocycles. The van der Waals surface area contributed by atoms with E-state index in [1.807, 2.05) is 6.92 Å². The molecule has 0 aromatic carbocycles. The first kappa shape index (κ1) is 15.0. The summed E-state index contributed by atoms with van der Waals surface area (Å²) in [5, 5.41) is -0.0316. The van der Waals surface area contributed by atoms with Crippen LogP contribution in [0.3, 0.4) is 0 Å². The maximum absolute atomic E-state index is 11.6. The smallest absolute Gasteiger partial charge is 0.409 e. The van der Waals surface area contributed by atoms with Crippen LogP contribution in [0.5, 0.6) is 0 Å². The molecule has 6 heteroatoms. The van der Waals surface area contributed by atoms with Crippen molar-refractivity contribution in [2.45, 2.75) is 37.9 Å². The lowest BCUT2D eigenvalue weighted by Gasteiger charge is -2.47. The Morgan fingerprint density at radius 3 is 2.61 bits per heavy atom. The second-order valence-corrected chi connectivity index (χ2v) is 6.12. The van der Waals surface area contributed by atoms with E-state index in [0.29, 0.717) is 19.7 Å². The number of likely N-dealkylation sites (tertiary alicyclic amines) is 1. The standard InChI is InChI=1S/C12H19NO4S/c1-3-4-7-17-11(16)13-8-12(9-13,5-6-14)18-10(2)15/h6H,3-5,7-9H2,1-2H3. The maximum Gasteiger partial charge on any atom is 0.409 e. The van der Waals surface area contributed by atoms with E-state index in [4.69, 9.17) is 4.74 Å². The molecule has 1 aliphatic rings. The SMILES string of the molecule is CCCCOC(=O)N1CC(CC=O)(SC(C)=O)C1. The zero-order chi connectivity index (χ0) is 13.6. The quantitative estimate of drug-likeness (QED) is 0.546. The van der Waals surface area contributed by atoms with Crippen LogP contribution in [-0.4, -0.2) is 46.8 Å². The molecular formula is C12H19NO4S. The van der Waals surface area contributed by atoms with E-state index in [9.17, 15) is 14.4 Å². The highest BCUT2D eigenvalue weighted by Gasteiger charge is 2.47. The minimum Gasteiger partial charge on any atom is -0.449 e. The number of ether oxygens (including phenoxy) is 1. The lowest BCUT2D eigenvalue weighted by Crippen LogP contribution is -2.62. The first-order valence-electron chi connectivity index (χ1n) is 6.08. The first-order chi connectivity index (χ1) is 8.53. The Bertz CT molecular complexity index is 326. The fourth-order valence-corrected chi connectivity index (χ4v) is 3.07. The minimum atomic E-state index is -0.433. The molecule has 1 saturated heterocycles. The lowest BCUT2D eigenvalue weighted by molar-refractivity contribution is -0.109. The average Bonchev–Trinajstić information content (AvgIpc) is 2.24. The molecule has 1 fully saturated rings. The molecular weight excluding hydrogens is 254 g/mol. The predicted molar refractivity (Wildman–Crippen MR) is 69.5 cm³/mol. The second-order valence-electron chi connectivity index (χ2n) is 4.47. The van der Waals surface area contributed by atoms with Gasteiger partial charge in [-0.1, -0.05) is 25.1 Å². The molecule has 1 amide bonds. The van der Waals surface area contributed by atoms with Crippen LogP contribution in [0.25, 0.3) is 0 Å². The lowest BCUT2D eigenvalue weighted by atomic mass is 9.96. The number of hydrogen-bond acceptors (Lipinski definition) is 5. The first-order valence-corrected chi connectivity index (χ1v) is 6.89. The normalized spacial score (nSPS) is 16.9. The van der Waals surface area contributed by atoms with Crippen LogP contribution < -0.4 is 0 Å². The average molecular weight is 273 g/mol. The third-order valence-corrected chi connectivity index (χ3v) is 3.90. The summed E-state index contributed by atoms with van der Waals surface area (Å²) in [7, 11) is 0. The fraction of sp³-hybridized carbons (Fsp3) is 0.750. The summed E-state index contributed by atoms with van der Waals surface area (Å²) in [4.78, 5) is 34.9. The molecule has 1 rings (SSSR count). The molecule has 18 heavy (non-hydrogen) atoms. The predicted octanol–water partition coefficient (Wildman–Crippen LogP) is 1.85. The third kappa shape index (κ3) is 4.01. The van der Waals surface area contributed by atoms with Crippen molar-refractivity contribution in [2.75, 3.05) is 19.7 Å². The number of hydrogen-bond donors (Lipinski definition) is 0. The number of aldehydes is 1. The van der Waals surface area contributed by atoms with E-state index in [1.54, 1.807) is 0 Å². The van der Waals surface area contributed by atoms with Crippen LogP contribution >= 0.6 is 11.8 Å². The van der Waals surface area contributed by atoms with E-state index in [2.05, 4.69) is 0 Å². The molecule has 0 atom stereocenters. The fourth-order valence-electron chi connectivity index (χ4n) is 1.87. The highest BCUT2D eigenvalue weighted by Crippen LogP contribution is 2.38. The zero-order valence-corrected chi connectivity index (χ0v) is 11.6. The highest BCUT2D eigenvalue weighted by atomic mass is 32.2. The molecule has 1 aliphatic heterocycles. The van der Waals surface area contributed by atoms with Crippen LogP contribution in [0.15, 0.2) is 0 Å². The summed E-state index contributed by atoms with van der Waals surface area (Å²) in [6.45, 7) is 4.73. The molecule has 0 aromatic heterocycles. The number of rotatable bonds is 6. The number of nitrogens with zero attached hydrogens (tertiary/aromatic N) is 1. The zero-order valence-electron chi connectivity index (χ0n) is 10.8. The summed E-state index contributed by atoms with van der Waals surface area (Å²) in [5.41, 5.74) is 0. The summed E-state index contributed by atoms with van der Waals surface area (Å²) in [5.74, 6) is 0. The van der Waals surface area contributed by atoms with Gasteiger partial charge in [0.2, 0.25) is 0 Å². The molecule has 0 bridgehead atoms. The van der Waals surface area contributed by atoms with E-state index in [1.165, 1.54) is 11.8 Å². The minimum absolute atomic E-state index is 0.0316. The van der Waals surface area contributed by atoms with Crippen molar-refractivity contribution >= 4 is 29.3 Å². The van der Waals surface area contributed by atoms with Gasteiger partial charge in [-0.3, -0.25) is 4.79 Å². The van der Waals surface area contributed by atoms with Crippen molar-refractivity contribution in [3.8, 4) is 0 Å². The molecule has 0 spiro atoms. The van der Waals surface area contributed by atoms with Crippen molar-refractivity contribution in [1.82, 2.24) is 4.90 Å². The van der Waals surface area contributed by atoms with Gasteiger partial charge < -0.3 is 14.4 Å². The summed E-state index contributed by atoms with van der Waals surface area (Å²) in [6, 6.07) is 0. The molecule has 5 nitrogen and oxygen atoms in total. The van der Waals surface area contributed by atoms with Gasteiger partial charge in [0.05, 0.1) is 11.4 Å². The van der Waals surface area contributed by atoms with Crippen molar-refractivity contribution < 1.29 is 19.1 Å². The highest BCUT2D eigenvalue weighted by molar-refractivity contribution is 8.14. The summed E-state index contributed by atoms with van der Waals surface area (Å²) >= 11 is 1.14. The Morgan fingerprint density at radius 2 is 2.11 bits per heavy atom. The van der Waals surface area contributed by atoms with Gasteiger partial charge in [0, 0.05) is 26.4 Å². The number of thioether (sulfide) groups is 1. The van der Waals surface area contributed by atoms with Crippen molar-refractivity contribution in [3.05, 3.63) is 0 Å². The largest absolute Gasteiger partial charge is 0.449 e. The van der Waals surface area contributed by atoms with Crippen LogP contribution in [0.1, 0.15) is 33.1 Å². The van der Waals surface area contributed by atoms with Crippen LogP contribution in [0, 0.1) is 0 Å². The Balaban J connectivity index is 2.40. The third-order valence-electron chi connectivity index (χ3n) is 2.76. The van der Waals surface area contributed by atoms with Crippen LogP contribution in [0.2, 0.25) is 0 Å². The number of amides is 1.